The van der Waals surface area contributed by atoms with E-state index in [1.807, 2.05) is 42.5 Å². The Bertz CT molecular complexity index is 940. The van der Waals surface area contributed by atoms with Crippen molar-refractivity contribution in [1.29, 1.82) is 0 Å². The highest BCUT2D eigenvalue weighted by atomic mass is 79.9. The average molecular weight is 410 g/mol. The van der Waals surface area contributed by atoms with Crippen LogP contribution in [0.4, 0.5) is 5.69 Å². The monoisotopic (exact) mass is 409 g/mol. The lowest BCUT2D eigenvalue weighted by molar-refractivity contribution is 0.469. The van der Waals surface area contributed by atoms with E-state index in [9.17, 15) is 5.11 Å². The van der Waals surface area contributed by atoms with Gasteiger partial charge in [-0.25, -0.2) is 0 Å². The Labute approximate surface area is 159 Å². The molecule has 0 saturated carbocycles. The zero-order valence-corrected chi connectivity index (χ0v) is 15.7. The summed E-state index contributed by atoms with van der Waals surface area (Å²) in [6, 6.07) is 24.0. The number of thioether (sulfide) groups is 1. The van der Waals surface area contributed by atoms with Gasteiger partial charge in [-0.1, -0.05) is 64.5 Å². The van der Waals surface area contributed by atoms with Gasteiger partial charge in [0.05, 0.1) is 10.9 Å². The minimum absolute atomic E-state index is 0.0134. The minimum atomic E-state index is 0.0134. The molecule has 1 heterocycles. The van der Waals surface area contributed by atoms with E-state index < -0.39 is 0 Å². The Hall–Kier alpha value is -2.17. The Morgan fingerprint density at radius 2 is 1.68 bits per heavy atom. The molecule has 25 heavy (non-hydrogen) atoms. The summed E-state index contributed by atoms with van der Waals surface area (Å²) in [5.74, 6) is 0.321. The van der Waals surface area contributed by atoms with Gasteiger partial charge in [0.15, 0.2) is 0 Å². The van der Waals surface area contributed by atoms with Crippen LogP contribution in [-0.2, 0) is 0 Å². The van der Waals surface area contributed by atoms with Gasteiger partial charge in [-0.05, 0) is 35.9 Å². The quantitative estimate of drug-likeness (QED) is 0.509. The molecule has 2 nitrogen and oxygen atoms in total. The van der Waals surface area contributed by atoms with Crippen LogP contribution in [0.2, 0.25) is 0 Å². The van der Waals surface area contributed by atoms with E-state index in [-0.39, 0.29) is 5.25 Å². The van der Waals surface area contributed by atoms with Crippen LogP contribution in [0.5, 0.6) is 5.75 Å². The Morgan fingerprint density at radius 1 is 0.920 bits per heavy atom. The molecule has 1 atom stereocenters. The zero-order chi connectivity index (χ0) is 17.2. The summed E-state index contributed by atoms with van der Waals surface area (Å²) < 4.78 is 1.04. The largest absolute Gasteiger partial charge is 0.508 e. The fraction of sp³-hybridized carbons (Fsp3) is 0.0476. The molecule has 1 aliphatic rings. The number of rotatable bonds is 2. The van der Waals surface area contributed by atoms with Crippen LogP contribution < -0.4 is 5.32 Å². The van der Waals surface area contributed by atoms with Crippen molar-refractivity contribution in [3.8, 4) is 5.75 Å². The highest BCUT2D eigenvalue weighted by Crippen LogP contribution is 2.47. The van der Waals surface area contributed by atoms with Gasteiger partial charge in [-0.15, -0.1) is 11.8 Å². The van der Waals surface area contributed by atoms with Gasteiger partial charge in [0, 0.05) is 20.6 Å². The normalized spacial score (nSPS) is 16.4. The molecule has 0 saturated heterocycles. The second-order valence-electron chi connectivity index (χ2n) is 5.81. The van der Waals surface area contributed by atoms with Crippen LogP contribution in [0, 0.1) is 0 Å². The molecular weight excluding hydrogens is 394 g/mol. The molecule has 0 radical (unpaired) electrons. The van der Waals surface area contributed by atoms with Crippen LogP contribution in [0.1, 0.15) is 16.4 Å². The molecule has 4 heteroatoms. The van der Waals surface area contributed by atoms with Crippen molar-refractivity contribution in [2.45, 2.75) is 10.1 Å². The second-order valence-corrected chi connectivity index (χ2v) is 7.91. The first-order valence-electron chi connectivity index (χ1n) is 7.99. The number of hydrogen-bond donors (Lipinski definition) is 2. The first kappa shape index (κ1) is 16.3. The smallest absolute Gasteiger partial charge is 0.120 e. The summed E-state index contributed by atoms with van der Waals surface area (Å²) in [5.41, 5.74) is 4.15. The number of benzene rings is 3. The Morgan fingerprint density at radius 3 is 2.48 bits per heavy atom. The first-order valence-corrected chi connectivity index (χ1v) is 9.66. The summed E-state index contributed by atoms with van der Waals surface area (Å²) in [6.45, 7) is 0. The van der Waals surface area contributed by atoms with Crippen molar-refractivity contribution in [3.05, 3.63) is 94.5 Å². The third-order valence-corrected chi connectivity index (χ3v) is 5.84. The number of phenolic OH excluding ortho intramolecular Hbond substituents is 1. The van der Waals surface area contributed by atoms with Crippen LogP contribution >= 0.6 is 27.7 Å². The van der Waals surface area contributed by atoms with Crippen molar-refractivity contribution in [3.63, 3.8) is 0 Å². The van der Waals surface area contributed by atoms with E-state index in [0.29, 0.717) is 5.75 Å². The lowest BCUT2D eigenvalue weighted by Crippen LogP contribution is -1.99. The summed E-state index contributed by atoms with van der Waals surface area (Å²) in [6.07, 6.45) is 2.18. The van der Waals surface area contributed by atoms with E-state index in [1.54, 1.807) is 17.8 Å². The van der Waals surface area contributed by atoms with Crippen molar-refractivity contribution >= 4 is 39.1 Å². The summed E-state index contributed by atoms with van der Waals surface area (Å²) in [4.78, 5) is 1.14. The van der Waals surface area contributed by atoms with Gasteiger partial charge >= 0.3 is 0 Å². The van der Waals surface area contributed by atoms with Gasteiger partial charge in [0.2, 0.25) is 0 Å². The molecule has 1 unspecified atom stereocenters. The minimum Gasteiger partial charge on any atom is -0.508 e. The maximum atomic E-state index is 10.3. The predicted molar refractivity (Wildman–Crippen MR) is 109 cm³/mol. The first-order chi connectivity index (χ1) is 12.2. The topological polar surface area (TPSA) is 32.3 Å². The molecule has 1 aliphatic heterocycles. The number of halogens is 1. The van der Waals surface area contributed by atoms with Crippen LogP contribution in [0.3, 0.4) is 0 Å². The molecule has 0 fully saturated rings. The van der Waals surface area contributed by atoms with E-state index in [4.69, 9.17) is 0 Å². The summed E-state index contributed by atoms with van der Waals surface area (Å²) in [7, 11) is 0. The van der Waals surface area contributed by atoms with Crippen LogP contribution in [0.15, 0.2) is 88.2 Å². The van der Waals surface area contributed by atoms with E-state index >= 15 is 0 Å². The van der Waals surface area contributed by atoms with Gasteiger partial charge < -0.3 is 10.4 Å². The number of phenols is 1. The summed E-state index contributed by atoms with van der Waals surface area (Å²) >= 11 is 5.29. The summed E-state index contributed by atoms with van der Waals surface area (Å²) in [5, 5.41) is 13.9. The Kier molecular flexibility index (Phi) is 4.55. The third-order valence-electron chi connectivity index (χ3n) is 4.11. The average Bonchev–Trinajstić information content (AvgIpc) is 2.82. The fourth-order valence-corrected chi connectivity index (χ4v) is 4.63. The number of aromatic hydroxyl groups is 1. The van der Waals surface area contributed by atoms with E-state index in [2.05, 4.69) is 51.6 Å². The predicted octanol–water partition coefficient (Wildman–Crippen LogP) is 6.45. The van der Waals surface area contributed by atoms with E-state index in [0.717, 1.165) is 31.9 Å². The molecule has 0 aromatic heterocycles. The van der Waals surface area contributed by atoms with Crippen LogP contribution in [-0.4, -0.2) is 5.11 Å². The molecular formula is C21H16BrNOS. The molecule has 3 aromatic rings. The maximum Gasteiger partial charge on any atom is 0.120 e. The lowest BCUT2D eigenvalue weighted by atomic mass is 10.1. The molecule has 3 aromatic carbocycles. The molecule has 0 bridgehead atoms. The number of nitrogens with one attached hydrogen (secondary N) is 1. The van der Waals surface area contributed by atoms with Crippen molar-refractivity contribution in [2.24, 2.45) is 0 Å². The zero-order valence-electron chi connectivity index (χ0n) is 13.3. The highest BCUT2D eigenvalue weighted by molar-refractivity contribution is 9.10. The van der Waals surface area contributed by atoms with Crippen molar-refractivity contribution in [1.82, 2.24) is 0 Å². The van der Waals surface area contributed by atoms with E-state index in [1.165, 1.54) is 0 Å². The number of fused-ring (bicyclic) bond motifs is 1. The molecule has 0 spiro atoms. The van der Waals surface area contributed by atoms with Gasteiger partial charge in [-0.2, -0.15) is 0 Å². The number of anilines is 1. The third kappa shape index (κ3) is 3.46. The number of hydrogen-bond acceptors (Lipinski definition) is 3. The lowest BCUT2D eigenvalue weighted by Gasteiger charge is -2.14. The molecule has 0 amide bonds. The molecule has 124 valence electrons. The molecule has 4 rings (SSSR count). The van der Waals surface area contributed by atoms with Crippen molar-refractivity contribution in [2.75, 3.05) is 5.32 Å². The SMILES string of the molecule is Oc1ccccc1C1C=C(c2ccccc2)Nc2ccc(Br)cc2S1. The highest BCUT2D eigenvalue weighted by Gasteiger charge is 2.21. The van der Waals surface area contributed by atoms with Crippen LogP contribution in [0.25, 0.3) is 5.70 Å². The van der Waals surface area contributed by atoms with Gasteiger partial charge in [-0.3, -0.25) is 0 Å². The maximum absolute atomic E-state index is 10.3. The second kappa shape index (κ2) is 6.98. The van der Waals surface area contributed by atoms with Gasteiger partial charge in [0.1, 0.15) is 5.75 Å². The fourth-order valence-electron chi connectivity index (χ4n) is 2.87. The molecule has 2 N–H and O–H groups in total. The Balaban J connectivity index is 1.85. The molecule has 0 aliphatic carbocycles. The number of para-hydroxylation sites is 1. The van der Waals surface area contributed by atoms with Gasteiger partial charge in [0.25, 0.3) is 0 Å². The standard InChI is InChI=1S/C21H16BrNOS/c22-15-10-11-17-21(12-15)25-20(16-8-4-5-9-19(16)24)13-18(23-17)14-6-2-1-3-7-14/h1-13,20,23-24H. The van der Waals surface area contributed by atoms with Crippen molar-refractivity contribution < 1.29 is 5.11 Å².